The number of carbonyl (C=O) groups is 3. The van der Waals surface area contributed by atoms with Crippen molar-refractivity contribution in [2.24, 2.45) is 16.2 Å². The second-order valence-electron chi connectivity index (χ2n) is 20.5. The summed E-state index contributed by atoms with van der Waals surface area (Å²) in [5, 5.41) is 9.96. The van der Waals surface area contributed by atoms with Crippen molar-refractivity contribution in [2.45, 2.75) is 193 Å². The molecule has 0 radical (unpaired) electrons. The van der Waals surface area contributed by atoms with Crippen LogP contribution in [0.15, 0.2) is 91.0 Å². The monoisotopic (exact) mass is 954 g/mol. The Balaban J connectivity index is 1.26. The summed E-state index contributed by atoms with van der Waals surface area (Å²) in [7, 11) is -4.50. The largest absolute Gasteiger partial charge is 0.475 e. The molecule has 0 bridgehead atoms. The Morgan fingerprint density at radius 3 is 0.926 bits per heavy atom. The summed E-state index contributed by atoms with van der Waals surface area (Å²) in [6.07, 6.45) is 23.8. The molecule has 0 heterocycles. The highest BCUT2D eigenvalue weighted by Crippen LogP contribution is 2.53. The van der Waals surface area contributed by atoms with Gasteiger partial charge in [0.15, 0.2) is 0 Å². The van der Waals surface area contributed by atoms with Crippen LogP contribution in [0.1, 0.15) is 210 Å². The predicted molar refractivity (Wildman–Crippen MR) is 273 cm³/mol. The number of amides is 3. The molecule has 3 aromatic rings. The average molecular weight is 954 g/mol. The van der Waals surface area contributed by atoms with Crippen molar-refractivity contribution in [3.05, 3.63) is 108 Å². The van der Waals surface area contributed by atoms with Gasteiger partial charge in [-0.25, -0.2) is 4.57 Å². The second kappa shape index (κ2) is 27.0. The summed E-state index contributed by atoms with van der Waals surface area (Å²) in [6.45, 7) is 6.02. The zero-order valence-electron chi connectivity index (χ0n) is 41.8. The standard InChI is InChI=1S/C57H84N3O7P/c1-4-7-10-22-34-55(37-25-38-55)52(61)58-49(46-28-16-13-17-29-46)43-65-68(64,66-44-50(47-30-18-14-19-31-47)59-53(62)56(39-26-40-56)35-23-11-8-5-2)67-45-51(48-32-20-15-21-33-48)60-54(63)57(41-27-42-57)36-24-12-9-6-3/h13-21,28-33,49-51H,4-12,22-27,34-45H2,1-3H3,(H,58,61)(H,59,62)(H,60,63)/t49-,50-,51-/m0/s1. The van der Waals surface area contributed by atoms with Gasteiger partial charge in [0.05, 0.1) is 37.9 Å². The molecule has 3 aliphatic carbocycles. The van der Waals surface area contributed by atoms with Gasteiger partial charge in [-0.05, 0) is 74.5 Å². The third kappa shape index (κ3) is 14.9. The third-order valence-corrected chi connectivity index (χ3v) is 17.0. The lowest BCUT2D eigenvalue weighted by Crippen LogP contribution is -2.48. The molecular weight excluding hydrogens is 870 g/mol. The highest BCUT2D eigenvalue weighted by Gasteiger charge is 2.47. The Morgan fingerprint density at radius 1 is 0.441 bits per heavy atom. The SMILES string of the molecule is CCCCCCC1(C(=O)N[C@@H](COP(=O)(OC[C@H](NC(=O)C2(CCCCCC)CCC2)c2ccccc2)OC[C@H](NC(=O)C2(CCCCCC)CCC2)c2ccccc2)c2ccccc2)CCC1. The van der Waals surface area contributed by atoms with Gasteiger partial charge < -0.3 is 16.0 Å². The van der Waals surface area contributed by atoms with E-state index >= 15 is 4.57 Å². The van der Waals surface area contributed by atoms with Crippen LogP contribution in [0.3, 0.4) is 0 Å². The number of hydrogen-bond donors (Lipinski definition) is 3. The highest BCUT2D eigenvalue weighted by molar-refractivity contribution is 7.48. The molecule has 374 valence electrons. The van der Waals surface area contributed by atoms with Crippen LogP contribution in [0, 0.1) is 16.2 Å². The summed E-state index contributed by atoms with van der Waals surface area (Å²) < 4.78 is 34.8. The molecule has 3 aliphatic rings. The van der Waals surface area contributed by atoms with Crippen LogP contribution in [-0.4, -0.2) is 37.5 Å². The molecular formula is C57H84N3O7P. The zero-order valence-corrected chi connectivity index (χ0v) is 42.7. The van der Waals surface area contributed by atoms with E-state index in [0.29, 0.717) is 0 Å². The molecule has 0 spiro atoms. The van der Waals surface area contributed by atoms with Crippen LogP contribution in [0.2, 0.25) is 0 Å². The van der Waals surface area contributed by atoms with Crippen molar-refractivity contribution < 1.29 is 32.5 Å². The number of phosphoric acid groups is 1. The van der Waals surface area contributed by atoms with Gasteiger partial charge in [0, 0.05) is 16.2 Å². The molecule has 0 aliphatic heterocycles. The summed E-state index contributed by atoms with van der Waals surface area (Å²) in [5.41, 5.74) is 1.15. The van der Waals surface area contributed by atoms with Crippen molar-refractivity contribution >= 4 is 25.5 Å². The van der Waals surface area contributed by atoms with Crippen LogP contribution in [0.4, 0.5) is 0 Å². The Labute approximate surface area is 409 Å². The van der Waals surface area contributed by atoms with Crippen LogP contribution < -0.4 is 16.0 Å². The van der Waals surface area contributed by atoms with E-state index in [0.717, 1.165) is 171 Å². The maximum absolute atomic E-state index is 15.5. The van der Waals surface area contributed by atoms with Crippen LogP contribution in [0.5, 0.6) is 0 Å². The molecule has 3 fully saturated rings. The van der Waals surface area contributed by atoms with Crippen molar-refractivity contribution in [3.8, 4) is 0 Å². The van der Waals surface area contributed by atoms with E-state index in [4.69, 9.17) is 13.6 Å². The van der Waals surface area contributed by atoms with E-state index in [1.54, 1.807) is 0 Å². The number of unbranched alkanes of at least 4 members (excludes halogenated alkanes) is 9. The maximum Gasteiger partial charge on any atom is 0.475 e. The highest BCUT2D eigenvalue weighted by atomic mass is 31.2. The van der Waals surface area contributed by atoms with Gasteiger partial charge in [0.1, 0.15) is 0 Å². The minimum atomic E-state index is -4.50. The number of phosphoric ester groups is 1. The maximum atomic E-state index is 15.5. The Hall–Kier alpha value is -3.82. The number of carbonyl (C=O) groups excluding carboxylic acids is 3. The Morgan fingerprint density at radius 2 is 0.706 bits per heavy atom. The van der Waals surface area contributed by atoms with E-state index < -0.39 is 42.2 Å². The molecule has 10 nitrogen and oxygen atoms in total. The van der Waals surface area contributed by atoms with Crippen molar-refractivity contribution in [1.29, 1.82) is 0 Å². The Bertz CT molecular complexity index is 1780. The molecule has 0 aromatic heterocycles. The molecule has 0 unspecified atom stereocenters. The van der Waals surface area contributed by atoms with Crippen molar-refractivity contribution in [3.63, 3.8) is 0 Å². The van der Waals surface area contributed by atoms with Gasteiger partial charge in [-0.1, -0.05) is 208 Å². The minimum absolute atomic E-state index is 0.00712. The molecule has 3 N–H and O–H groups in total. The molecule has 68 heavy (non-hydrogen) atoms. The van der Waals surface area contributed by atoms with Crippen LogP contribution in [0.25, 0.3) is 0 Å². The number of benzene rings is 3. The van der Waals surface area contributed by atoms with Gasteiger partial charge in [-0.3, -0.25) is 28.0 Å². The molecule has 0 saturated heterocycles. The molecule has 3 aromatic carbocycles. The summed E-state index contributed by atoms with van der Waals surface area (Å²) in [6, 6.07) is 27.0. The fourth-order valence-electron chi connectivity index (χ4n) is 10.5. The van der Waals surface area contributed by atoms with E-state index in [1.165, 1.54) is 0 Å². The zero-order chi connectivity index (χ0) is 48.1. The van der Waals surface area contributed by atoms with Gasteiger partial charge in [0.2, 0.25) is 17.7 Å². The molecule has 11 heteroatoms. The first-order valence-corrected chi connectivity index (χ1v) is 28.2. The lowest BCUT2D eigenvalue weighted by atomic mass is 9.65. The summed E-state index contributed by atoms with van der Waals surface area (Å²) in [4.78, 5) is 42.9. The predicted octanol–water partition coefficient (Wildman–Crippen LogP) is 14.1. The minimum Gasteiger partial charge on any atom is -0.346 e. The van der Waals surface area contributed by atoms with Crippen LogP contribution in [-0.2, 0) is 32.5 Å². The van der Waals surface area contributed by atoms with Gasteiger partial charge in [-0.15, -0.1) is 0 Å². The van der Waals surface area contributed by atoms with E-state index in [-0.39, 0.29) is 37.5 Å². The van der Waals surface area contributed by atoms with Crippen LogP contribution >= 0.6 is 7.82 Å². The van der Waals surface area contributed by atoms with E-state index in [1.807, 2.05) is 91.0 Å². The second-order valence-corrected chi connectivity index (χ2v) is 22.1. The van der Waals surface area contributed by atoms with Crippen molar-refractivity contribution in [2.75, 3.05) is 19.8 Å². The first-order chi connectivity index (χ1) is 33.1. The molecule has 3 saturated carbocycles. The molecule has 6 rings (SSSR count). The molecule has 3 amide bonds. The van der Waals surface area contributed by atoms with E-state index in [9.17, 15) is 14.4 Å². The molecule has 3 atom stereocenters. The number of nitrogens with one attached hydrogen (secondary N) is 3. The third-order valence-electron chi connectivity index (χ3n) is 15.6. The lowest BCUT2D eigenvalue weighted by molar-refractivity contribution is -0.138. The Kier molecular flexibility index (Phi) is 21.2. The average Bonchev–Trinajstić information content (AvgIpc) is 3.32. The lowest BCUT2D eigenvalue weighted by Gasteiger charge is -2.42. The van der Waals surface area contributed by atoms with Crippen molar-refractivity contribution in [1.82, 2.24) is 16.0 Å². The first-order valence-electron chi connectivity index (χ1n) is 26.7. The smallest absolute Gasteiger partial charge is 0.346 e. The van der Waals surface area contributed by atoms with Gasteiger partial charge in [-0.2, -0.15) is 0 Å². The quantitative estimate of drug-likeness (QED) is 0.0409. The number of hydrogen-bond acceptors (Lipinski definition) is 7. The van der Waals surface area contributed by atoms with E-state index in [2.05, 4.69) is 36.7 Å². The normalized spacial score (nSPS) is 18.2. The first kappa shape index (κ1) is 53.5. The summed E-state index contributed by atoms with van der Waals surface area (Å²) in [5.74, 6) is -0.0214. The fraction of sp³-hybridized carbons (Fsp3) is 0.632. The van der Waals surface area contributed by atoms with Gasteiger partial charge >= 0.3 is 7.82 Å². The topological polar surface area (TPSA) is 132 Å². The number of rotatable bonds is 33. The fourth-order valence-corrected chi connectivity index (χ4v) is 11.7. The summed E-state index contributed by atoms with van der Waals surface area (Å²) >= 11 is 0. The van der Waals surface area contributed by atoms with Gasteiger partial charge in [0.25, 0.3) is 0 Å².